The first kappa shape index (κ1) is 20.5. The van der Waals surface area contributed by atoms with E-state index in [1.807, 2.05) is 13.8 Å². The van der Waals surface area contributed by atoms with Crippen LogP contribution in [0.1, 0.15) is 20.8 Å². The van der Waals surface area contributed by atoms with Crippen LogP contribution in [0.5, 0.6) is 0 Å². The molecule has 5 nitrogen and oxygen atoms in total. The molecule has 0 amide bonds. The van der Waals surface area contributed by atoms with E-state index >= 15 is 0 Å². The average molecular weight is 392 g/mol. The standard InChI is InChI=1S/C18H13ClFNO4.C2H6/c1-9(18(23)24)21-11-3-5-13-14(8-17(22)25-16(13)7-11)12-4-2-10(20)6-15(12)19;1-2/h2-9,21H,1H3,(H,23,24);1-2H3. The predicted octanol–water partition coefficient (Wildman–Crippen LogP) is 5.16. The number of carbonyl (C=O) groups is 1. The van der Waals surface area contributed by atoms with Crippen LogP contribution in [-0.2, 0) is 4.79 Å². The van der Waals surface area contributed by atoms with E-state index in [0.717, 1.165) is 0 Å². The Morgan fingerprint density at radius 2 is 1.85 bits per heavy atom. The van der Waals surface area contributed by atoms with Crippen molar-refractivity contribution in [3.63, 3.8) is 0 Å². The van der Waals surface area contributed by atoms with Gasteiger partial charge in [0.15, 0.2) is 0 Å². The van der Waals surface area contributed by atoms with Crippen LogP contribution < -0.4 is 10.9 Å². The predicted molar refractivity (Wildman–Crippen MR) is 105 cm³/mol. The van der Waals surface area contributed by atoms with Crippen molar-refractivity contribution >= 4 is 34.2 Å². The Kier molecular flexibility index (Phi) is 6.58. The first-order valence-corrected chi connectivity index (χ1v) is 8.75. The van der Waals surface area contributed by atoms with Gasteiger partial charge in [0.25, 0.3) is 0 Å². The molecule has 3 aromatic rings. The molecule has 142 valence electrons. The van der Waals surface area contributed by atoms with Gasteiger partial charge in [-0.25, -0.2) is 9.18 Å². The molecule has 7 heteroatoms. The van der Waals surface area contributed by atoms with E-state index < -0.39 is 23.5 Å². The second-order valence-electron chi connectivity index (χ2n) is 5.52. The van der Waals surface area contributed by atoms with Crippen molar-refractivity contribution in [1.82, 2.24) is 0 Å². The normalized spacial score (nSPS) is 11.4. The number of anilines is 1. The van der Waals surface area contributed by atoms with Gasteiger partial charge in [-0.15, -0.1) is 0 Å². The Morgan fingerprint density at radius 1 is 1.15 bits per heavy atom. The Bertz CT molecular complexity index is 1030. The quantitative estimate of drug-likeness (QED) is 0.600. The lowest BCUT2D eigenvalue weighted by Crippen LogP contribution is -2.25. The van der Waals surface area contributed by atoms with Crippen LogP contribution in [0.15, 0.2) is 51.7 Å². The summed E-state index contributed by atoms with van der Waals surface area (Å²) in [6.07, 6.45) is 0. The largest absolute Gasteiger partial charge is 0.480 e. The van der Waals surface area contributed by atoms with Gasteiger partial charge in [-0.1, -0.05) is 25.4 Å². The summed E-state index contributed by atoms with van der Waals surface area (Å²) in [6.45, 7) is 5.50. The van der Waals surface area contributed by atoms with E-state index in [9.17, 15) is 14.0 Å². The Hall–Kier alpha value is -2.86. The lowest BCUT2D eigenvalue weighted by molar-refractivity contribution is -0.137. The third kappa shape index (κ3) is 4.65. The molecule has 1 unspecified atom stereocenters. The molecule has 2 N–H and O–H groups in total. The van der Waals surface area contributed by atoms with E-state index in [1.165, 1.54) is 37.3 Å². The summed E-state index contributed by atoms with van der Waals surface area (Å²) in [4.78, 5) is 22.8. The summed E-state index contributed by atoms with van der Waals surface area (Å²) in [5.74, 6) is -1.48. The molecule has 27 heavy (non-hydrogen) atoms. The fraction of sp³-hybridized carbons (Fsp3) is 0.200. The number of carboxylic acids is 1. The number of halogens is 2. The van der Waals surface area contributed by atoms with Gasteiger partial charge in [-0.2, -0.15) is 0 Å². The van der Waals surface area contributed by atoms with Crippen molar-refractivity contribution in [3.8, 4) is 11.1 Å². The first-order chi connectivity index (χ1) is 12.8. The summed E-state index contributed by atoms with van der Waals surface area (Å²) in [6, 6.07) is 9.29. The minimum Gasteiger partial charge on any atom is -0.480 e. The molecule has 2 aromatic carbocycles. The highest BCUT2D eigenvalue weighted by molar-refractivity contribution is 6.33. The van der Waals surface area contributed by atoms with Crippen LogP contribution >= 0.6 is 11.6 Å². The highest BCUT2D eigenvalue weighted by atomic mass is 35.5. The minimum atomic E-state index is -1.01. The zero-order valence-corrected chi connectivity index (χ0v) is 15.8. The second kappa shape index (κ2) is 8.68. The fourth-order valence-electron chi connectivity index (χ4n) is 2.49. The van der Waals surface area contributed by atoms with Gasteiger partial charge in [-0.05, 0) is 37.3 Å². The topological polar surface area (TPSA) is 79.5 Å². The summed E-state index contributed by atoms with van der Waals surface area (Å²) >= 11 is 6.10. The summed E-state index contributed by atoms with van der Waals surface area (Å²) in [5.41, 5.74) is 1.18. The maximum atomic E-state index is 13.3. The molecule has 0 aliphatic carbocycles. The fourth-order valence-corrected chi connectivity index (χ4v) is 2.76. The first-order valence-electron chi connectivity index (χ1n) is 8.38. The van der Waals surface area contributed by atoms with Crippen LogP contribution in [0.25, 0.3) is 22.1 Å². The summed E-state index contributed by atoms with van der Waals surface area (Å²) < 4.78 is 18.5. The molecule has 0 saturated carbocycles. The molecule has 0 spiro atoms. The number of carboxylic acid groups (broad SMARTS) is 1. The molecule has 0 saturated heterocycles. The average Bonchev–Trinajstić information content (AvgIpc) is 2.62. The van der Waals surface area contributed by atoms with Gasteiger partial charge in [0.1, 0.15) is 17.4 Å². The monoisotopic (exact) mass is 391 g/mol. The third-order valence-corrected chi connectivity index (χ3v) is 4.03. The Balaban J connectivity index is 0.00000126. The molecular weight excluding hydrogens is 373 g/mol. The van der Waals surface area contributed by atoms with Gasteiger partial charge in [-0.3, -0.25) is 4.79 Å². The van der Waals surface area contributed by atoms with E-state index in [2.05, 4.69) is 5.32 Å². The van der Waals surface area contributed by atoms with Crippen LogP contribution in [-0.4, -0.2) is 17.1 Å². The highest BCUT2D eigenvalue weighted by Crippen LogP contribution is 2.33. The van der Waals surface area contributed by atoms with Crippen LogP contribution in [0, 0.1) is 5.82 Å². The lowest BCUT2D eigenvalue weighted by Gasteiger charge is -2.12. The number of benzene rings is 2. The molecule has 0 fully saturated rings. The maximum absolute atomic E-state index is 13.3. The van der Waals surface area contributed by atoms with Crippen molar-refractivity contribution in [1.29, 1.82) is 0 Å². The van der Waals surface area contributed by atoms with E-state index in [4.69, 9.17) is 21.1 Å². The number of fused-ring (bicyclic) bond motifs is 1. The smallest absolute Gasteiger partial charge is 0.336 e. The van der Waals surface area contributed by atoms with Gasteiger partial charge in [0.05, 0.1) is 5.02 Å². The van der Waals surface area contributed by atoms with Crippen molar-refractivity contribution in [2.24, 2.45) is 0 Å². The molecule has 3 rings (SSSR count). The van der Waals surface area contributed by atoms with Crippen LogP contribution in [0.2, 0.25) is 5.02 Å². The van der Waals surface area contributed by atoms with Gasteiger partial charge in [0, 0.05) is 34.3 Å². The molecule has 0 bridgehead atoms. The molecule has 1 heterocycles. The van der Waals surface area contributed by atoms with E-state index in [1.54, 1.807) is 12.1 Å². The number of hydrogen-bond acceptors (Lipinski definition) is 4. The molecule has 0 radical (unpaired) electrons. The number of hydrogen-bond donors (Lipinski definition) is 2. The molecule has 0 aliphatic rings. The zero-order valence-electron chi connectivity index (χ0n) is 15.0. The summed E-state index contributed by atoms with van der Waals surface area (Å²) in [7, 11) is 0. The molecular formula is C20H19ClFNO4. The van der Waals surface area contributed by atoms with Crippen LogP contribution in [0.4, 0.5) is 10.1 Å². The molecule has 1 atom stereocenters. The Labute approximate surface area is 160 Å². The lowest BCUT2D eigenvalue weighted by atomic mass is 10.0. The van der Waals surface area contributed by atoms with E-state index in [-0.39, 0.29) is 10.6 Å². The zero-order chi connectivity index (χ0) is 20.1. The van der Waals surface area contributed by atoms with Crippen molar-refractivity contribution < 1.29 is 18.7 Å². The van der Waals surface area contributed by atoms with Gasteiger partial charge in [0.2, 0.25) is 0 Å². The summed E-state index contributed by atoms with van der Waals surface area (Å²) in [5, 5.41) is 12.5. The number of nitrogens with one attached hydrogen (secondary N) is 1. The van der Waals surface area contributed by atoms with Gasteiger partial charge < -0.3 is 14.8 Å². The second-order valence-corrected chi connectivity index (χ2v) is 5.93. The third-order valence-electron chi connectivity index (χ3n) is 3.72. The molecule has 0 aliphatic heterocycles. The maximum Gasteiger partial charge on any atom is 0.336 e. The molecule has 1 aromatic heterocycles. The SMILES string of the molecule is CC.CC(Nc1ccc2c(-c3ccc(F)cc3Cl)cc(=O)oc2c1)C(=O)O. The van der Waals surface area contributed by atoms with Crippen molar-refractivity contribution in [3.05, 3.63) is 63.7 Å². The number of aliphatic carboxylic acids is 1. The number of rotatable bonds is 4. The van der Waals surface area contributed by atoms with Crippen molar-refractivity contribution in [2.75, 3.05) is 5.32 Å². The van der Waals surface area contributed by atoms with Crippen molar-refractivity contribution in [2.45, 2.75) is 26.8 Å². The Morgan fingerprint density at radius 3 is 2.48 bits per heavy atom. The van der Waals surface area contributed by atoms with Gasteiger partial charge >= 0.3 is 11.6 Å². The highest BCUT2D eigenvalue weighted by Gasteiger charge is 2.14. The van der Waals surface area contributed by atoms with Crippen LogP contribution in [0.3, 0.4) is 0 Å². The minimum absolute atomic E-state index is 0.175. The van der Waals surface area contributed by atoms with E-state index in [0.29, 0.717) is 22.2 Å².